The number of aryl methyl sites for hydroxylation is 2. The first-order valence-corrected chi connectivity index (χ1v) is 16.9. The Balaban J connectivity index is 1.83. The second-order valence-corrected chi connectivity index (χ2v) is 13.7. The van der Waals surface area contributed by atoms with Crippen molar-refractivity contribution in [2.45, 2.75) is 64.1 Å². The van der Waals surface area contributed by atoms with Crippen LogP contribution in [0.5, 0.6) is 0 Å². The molecule has 0 saturated heterocycles. The van der Waals surface area contributed by atoms with Crippen molar-refractivity contribution < 1.29 is 22.4 Å². The monoisotopic (exact) mass is 663 g/mol. The van der Waals surface area contributed by atoms with E-state index in [4.69, 9.17) is 11.6 Å². The van der Waals surface area contributed by atoms with Gasteiger partial charge < -0.3 is 10.2 Å². The summed E-state index contributed by atoms with van der Waals surface area (Å²) < 4.78 is 44.4. The fraction of sp³-hybridized carbons (Fsp3) is 0.278. The smallest absolute Gasteiger partial charge is 0.264 e. The van der Waals surface area contributed by atoms with Crippen molar-refractivity contribution in [1.82, 2.24) is 10.2 Å². The Bertz CT molecular complexity index is 1770. The van der Waals surface area contributed by atoms with E-state index in [9.17, 15) is 18.0 Å². The Hall–Kier alpha value is -4.21. The molecule has 242 valence electrons. The maximum atomic E-state index is 15.1. The number of halogens is 2. The molecule has 0 radical (unpaired) electrons. The zero-order chi connectivity index (χ0) is 33.4. The van der Waals surface area contributed by atoms with E-state index < -0.39 is 40.2 Å². The van der Waals surface area contributed by atoms with Gasteiger partial charge in [-0.25, -0.2) is 12.8 Å². The Morgan fingerprint density at radius 1 is 0.891 bits per heavy atom. The summed E-state index contributed by atoms with van der Waals surface area (Å²) >= 11 is 6.05. The van der Waals surface area contributed by atoms with Crippen LogP contribution in [0.2, 0.25) is 5.02 Å². The first-order chi connectivity index (χ1) is 21.9. The molecule has 0 aliphatic rings. The fourth-order valence-electron chi connectivity index (χ4n) is 4.95. The van der Waals surface area contributed by atoms with E-state index in [0.29, 0.717) is 11.4 Å². The average Bonchev–Trinajstić information content (AvgIpc) is 3.04. The van der Waals surface area contributed by atoms with Gasteiger partial charge in [0.1, 0.15) is 18.4 Å². The number of hydrogen-bond donors (Lipinski definition) is 1. The Morgan fingerprint density at radius 2 is 1.54 bits per heavy atom. The summed E-state index contributed by atoms with van der Waals surface area (Å²) in [5.74, 6) is -1.62. The molecule has 0 aliphatic carbocycles. The molecule has 1 N–H and O–H groups in total. The van der Waals surface area contributed by atoms with Crippen LogP contribution in [0.15, 0.2) is 102 Å². The molecule has 7 nitrogen and oxygen atoms in total. The number of carbonyl (C=O) groups is 2. The number of amides is 2. The van der Waals surface area contributed by atoms with Gasteiger partial charge in [-0.2, -0.15) is 0 Å². The van der Waals surface area contributed by atoms with Crippen LogP contribution in [0.1, 0.15) is 42.5 Å². The van der Waals surface area contributed by atoms with E-state index >= 15 is 4.39 Å². The van der Waals surface area contributed by atoms with Crippen molar-refractivity contribution in [2.24, 2.45) is 0 Å². The van der Waals surface area contributed by atoms with Crippen molar-refractivity contribution >= 4 is 39.1 Å². The van der Waals surface area contributed by atoms with Gasteiger partial charge in [0, 0.05) is 29.6 Å². The highest BCUT2D eigenvalue weighted by Crippen LogP contribution is 2.28. The van der Waals surface area contributed by atoms with Gasteiger partial charge in [-0.3, -0.25) is 13.9 Å². The summed E-state index contributed by atoms with van der Waals surface area (Å²) in [5.41, 5.74) is 3.05. The van der Waals surface area contributed by atoms with E-state index in [-0.39, 0.29) is 35.2 Å². The predicted octanol–water partition coefficient (Wildman–Crippen LogP) is 6.85. The number of sulfonamides is 1. The van der Waals surface area contributed by atoms with Crippen LogP contribution >= 0.6 is 11.6 Å². The van der Waals surface area contributed by atoms with Gasteiger partial charge in [0.2, 0.25) is 11.8 Å². The minimum atomic E-state index is -4.29. The molecule has 0 spiro atoms. The first-order valence-electron chi connectivity index (χ1n) is 15.1. The number of benzene rings is 4. The standard InChI is InChI=1S/C36H39ClFN3O4S/c1-5-27(4)39-36(43)34(22-28-11-7-6-8-12-28)40(23-29-13-9-10-14-33(29)38)35(42)24-41(31-18-15-25(2)26(3)21-31)46(44,45)32-19-16-30(37)17-20-32/h6-21,27,34H,5,22-24H2,1-4H3,(H,39,43)/t27-,34-/m0/s1. The Labute approximate surface area is 276 Å². The van der Waals surface area contributed by atoms with Crippen LogP contribution in [0.4, 0.5) is 10.1 Å². The Morgan fingerprint density at radius 3 is 2.17 bits per heavy atom. The molecule has 46 heavy (non-hydrogen) atoms. The molecule has 0 fully saturated rings. The molecular formula is C36H39ClFN3O4S. The van der Waals surface area contributed by atoms with E-state index in [1.807, 2.05) is 58.0 Å². The topological polar surface area (TPSA) is 86.8 Å². The van der Waals surface area contributed by atoms with Gasteiger partial charge in [0.05, 0.1) is 10.6 Å². The maximum Gasteiger partial charge on any atom is 0.264 e. The maximum absolute atomic E-state index is 15.1. The van der Waals surface area contributed by atoms with Crippen molar-refractivity contribution in [3.8, 4) is 0 Å². The zero-order valence-electron chi connectivity index (χ0n) is 26.4. The number of carbonyl (C=O) groups excluding carboxylic acids is 2. The molecule has 0 unspecified atom stereocenters. The van der Waals surface area contributed by atoms with Crippen molar-refractivity contribution in [3.05, 3.63) is 130 Å². The van der Waals surface area contributed by atoms with Gasteiger partial charge in [-0.15, -0.1) is 0 Å². The predicted molar refractivity (Wildman–Crippen MR) is 181 cm³/mol. The second kappa shape index (κ2) is 15.4. The van der Waals surface area contributed by atoms with Crippen LogP contribution < -0.4 is 9.62 Å². The number of anilines is 1. The van der Waals surface area contributed by atoms with Crippen LogP contribution in [0, 0.1) is 19.7 Å². The van der Waals surface area contributed by atoms with Crippen molar-refractivity contribution in [3.63, 3.8) is 0 Å². The molecule has 10 heteroatoms. The molecule has 4 rings (SSSR count). The number of nitrogens with zero attached hydrogens (tertiary/aromatic N) is 2. The molecular weight excluding hydrogens is 625 g/mol. The van der Waals surface area contributed by atoms with Gasteiger partial charge >= 0.3 is 0 Å². The van der Waals surface area contributed by atoms with Crippen LogP contribution in [0.3, 0.4) is 0 Å². The highest BCUT2D eigenvalue weighted by molar-refractivity contribution is 7.92. The molecule has 0 aromatic heterocycles. The van der Waals surface area contributed by atoms with Crippen molar-refractivity contribution in [1.29, 1.82) is 0 Å². The summed E-state index contributed by atoms with van der Waals surface area (Å²) in [6, 6.07) is 24.8. The number of rotatable bonds is 13. The van der Waals surface area contributed by atoms with Gasteiger partial charge in [-0.1, -0.05) is 73.1 Å². The molecule has 0 heterocycles. The highest BCUT2D eigenvalue weighted by atomic mass is 35.5. The van der Waals surface area contributed by atoms with Crippen LogP contribution in [0.25, 0.3) is 0 Å². The molecule has 0 saturated carbocycles. The third kappa shape index (κ3) is 8.53. The van der Waals surface area contributed by atoms with Gasteiger partial charge in [0.25, 0.3) is 10.0 Å². The first kappa shape index (κ1) is 34.7. The number of hydrogen-bond acceptors (Lipinski definition) is 4. The van der Waals surface area contributed by atoms with E-state index in [1.165, 1.54) is 35.2 Å². The lowest BCUT2D eigenvalue weighted by molar-refractivity contribution is -0.140. The molecule has 4 aromatic carbocycles. The molecule has 2 atom stereocenters. The molecule has 4 aromatic rings. The molecule has 0 aliphatic heterocycles. The fourth-order valence-corrected chi connectivity index (χ4v) is 6.48. The summed E-state index contributed by atoms with van der Waals surface area (Å²) in [6.45, 7) is 6.67. The third-order valence-corrected chi connectivity index (χ3v) is 10.1. The lowest BCUT2D eigenvalue weighted by atomic mass is 10.0. The van der Waals surface area contributed by atoms with E-state index in [2.05, 4.69) is 5.32 Å². The normalized spacial score (nSPS) is 12.7. The number of nitrogens with one attached hydrogen (secondary N) is 1. The van der Waals surface area contributed by atoms with Crippen LogP contribution in [-0.2, 0) is 32.6 Å². The Kier molecular flexibility index (Phi) is 11.6. The van der Waals surface area contributed by atoms with E-state index in [0.717, 1.165) is 21.0 Å². The highest BCUT2D eigenvalue weighted by Gasteiger charge is 2.35. The SMILES string of the molecule is CC[C@H](C)NC(=O)[C@H](Cc1ccccc1)N(Cc1ccccc1F)C(=O)CN(c1ccc(C)c(C)c1)S(=O)(=O)c1ccc(Cl)cc1. The second-order valence-electron chi connectivity index (χ2n) is 11.4. The lowest BCUT2D eigenvalue weighted by Crippen LogP contribution is -2.54. The van der Waals surface area contributed by atoms with Gasteiger partial charge in [-0.05, 0) is 86.3 Å². The molecule has 2 amide bonds. The molecule has 0 bridgehead atoms. The lowest BCUT2D eigenvalue weighted by Gasteiger charge is -2.34. The summed E-state index contributed by atoms with van der Waals surface area (Å²) in [7, 11) is -4.29. The minimum absolute atomic E-state index is 0.0565. The van der Waals surface area contributed by atoms with Gasteiger partial charge in [0.15, 0.2) is 0 Å². The van der Waals surface area contributed by atoms with Crippen LogP contribution in [-0.4, -0.2) is 43.8 Å². The zero-order valence-corrected chi connectivity index (χ0v) is 28.0. The van der Waals surface area contributed by atoms with Crippen molar-refractivity contribution in [2.75, 3.05) is 10.8 Å². The van der Waals surface area contributed by atoms with E-state index in [1.54, 1.807) is 36.4 Å². The third-order valence-electron chi connectivity index (χ3n) is 8.03. The average molecular weight is 664 g/mol. The summed E-state index contributed by atoms with van der Waals surface area (Å²) in [5, 5.41) is 3.34. The summed E-state index contributed by atoms with van der Waals surface area (Å²) in [4.78, 5) is 29.6. The minimum Gasteiger partial charge on any atom is -0.352 e. The summed E-state index contributed by atoms with van der Waals surface area (Å²) in [6.07, 6.45) is 0.793. The largest absolute Gasteiger partial charge is 0.352 e. The quantitative estimate of drug-likeness (QED) is 0.170.